The Bertz CT molecular complexity index is 1130. The Morgan fingerprint density at radius 1 is 0.931 bits per heavy atom. The Kier molecular flexibility index (Phi) is 5.36. The zero-order valence-corrected chi connectivity index (χ0v) is 16.6. The molecule has 0 N–H and O–H groups in total. The second kappa shape index (κ2) is 8.09. The lowest BCUT2D eigenvalue weighted by Crippen LogP contribution is -2.34. The number of nitrogens with zero attached hydrogens (tertiary/aromatic N) is 1. The van der Waals surface area contributed by atoms with Crippen LogP contribution in [-0.2, 0) is 15.6 Å². The standard InChI is InChI=1S/C23H21NO4S/c25-23(24-15-13-19(14-16-24)18-7-3-1-4-8-18)22-12-11-20(28-22)17-29(26,27)21-9-5-2-6-10-21/h1-13H,14-17H2. The van der Waals surface area contributed by atoms with Gasteiger partial charge in [0.2, 0.25) is 0 Å². The van der Waals surface area contributed by atoms with E-state index in [2.05, 4.69) is 18.2 Å². The number of hydrogen-bond acceptors (Lipinski definition) is 4. The molecule has 1 aliphatic rings. The summed E-state index contributed by atoms with van der Waals surface area (Å²) in [5, 5.41) is 0. The minimum atomic E-state index is -3.52. The summed E-state index contributed by atoms with van der Waals surface area (Å²) in [6.07, 6.45) is 2.83. The fourth-order valence-electron chi connectivity index (χ4n) is 3.39. The lowest BCUT2D eigenvalue weighted by Gasteiger charge is -2.25. The van der Waals surface area contributed by atoms with Crippen LogP contribution < -0.4 is 0 Å². The van der Waals surface area contributed by atoms with Gasteiger partial charge in [-0.1, -0.05) is 54.6 Å². The van der Waals surface area contributed by atoms with Gasteiger partial charge in [0.15, 0.2) is 15.6 Å². The number of sulfone groups is 1. The molecule has 5 nitrogen and oxygen atoms in total. The first-order valence-corrected chi connectivity index (χ1v) is 11.1. The summed E-state index contributed by atoms with van der Waals surface area (Å²) >= 11 is 0. The highest BCUT2D eigenvalue weighted by molar-refractivity contribution is 7.90. The first kappa shape index (κ1) is 19.2. The smallest absolute Gasteiger partial charge is 0.289 e. The van der Waals surface area contributed by atoms with Crippen molar-refractivity contribution in [3.05, 3.63) is 96.0 Å². The maximum Gasteiger partial charge on any atom is 0.289 e. The van der Waals surface area contributed by atoms with Crippen LogP contribution in [0.2, 0.25) is 0 Å². The number of carbonyl (C=O) groups is 1. The highest BCUT2D eigenvalue weighted by Crippen LogP contribution is 2.24. The van der Waals surface area contributed by atoms with E-state index < -0.39 is 9.84 Å². The lowest BCUT2D eigenvalue weighted by molar-refractivity contribution is 0.0739. The van der Waals surface area contributed by atoms with Crippen molar-refractivity contribution in [2.45, 2.75) is 17.1 Å². The van der Waals surface area contributed by atoms with Crippen LogP contribution in [-0.4, -0.2) is 32.3 Å². The van der Waals surface area contributed by atoms with E-state index in [-0.39, 0.29) is 28.1 Å². The minimum absolute atomic E-state index is 0.167. The topological polar surface area (TPSA) is 67.6 Å². The molecule has 0 fully saturated rings. The van der Waals surface area contributed by atoms with Crippen molar-refractivity contribution in [2.24, 2.45) is 0 Å². The largest absolute Gasteiger partial charge is 0.455 e. The van der Waals surface area contributed by atoms with Gasteiger partial charge in [0.25, 0.3) is 5.91 Å². The summed E-state index contributed by atoms with van der Waals surface area (Å²) in [6.45, 7) is 1.10. The van der Waals surface area contributed by atoms with E-state index in [1.807, 2.05) is 18.2 Å². The highest BCUT2D eigenvalue weighted by Gasteiger charge is 2.23. The molecule has 2 heterocycles. The summed E-state index contributed by atoms with van der Waals surface area (Å²) in [6, 6.07) is 21.4. The molecule has 0 atom stereocenters. The van der Waals surface area contributed by atoms with Crippen molar-refractivity contribution < 1.29 is 17.6 Å². The van der Waals surface area contributed by atoms with Crippen molar-refractivity contribution in [3.63, 3.8) is 0 Å². The molecule has 0 aliphatic carbocycles. The number of benzene rings is 2. The van der Waals surface area contributed by atoms with Crippen LogP contribution in [0.15, 0.2) is 88.2 Å². The summed E-state index contributed by atoms with van der Waals surface area (Å²) in [5.41, 5.74) is 2.40. The molecular weight excluding hydrogens is 386 g/mol. The summed E-state index contributed by atoms with van der Waals surface area (Å²) < 4.78 is 30.6. The van der Waals surface area contributed by atoms with Gasteiger partial charge >= 0.3 is 0 Å². The molecule has 6 heteroatoms. The molecule has 1 amide bonds. The Hall–Kier alpha value is -3.12. The van der Waals surface area contributed by atoms with E-state index in [1.54, 1.807) is 47.4 Å². The fourth-order valence-corrected chi connectivity index (χ4v) is 4.66. The second-order valence-electron chi connectivity index (χ2n) is 6.93. The van der Waals surface area contributed by atoms with Crippen LogP contribution in [0.3, 0.4) is 0 Å². The summed E-state index contributed by atoms with van der Waals surface area (Å²) in [5.74, 6) is -0.0752. The molecule has 4 rings (SSSR count). The van der Waals surface area contributed by atoms with Crippen LogP contribution in [0, 0.1) is 0 Å². The first-order chi connectivity index (χ1) is 14.0. The maximum absolute atomic E-state index is 12.7. The van der Waals surface area contributed by atoms with Crippen molar-refractivity contribution in [1.82, 2.24) is 4.90 Å². The van der Waals surface area contributed by atoms with Crippen LogP contribution >= 0.6 is 0 Å². The molecule has 1 aromatic heterocycles. The van der Waals surface area contributed by atoms with Gasteiger partial charge in [-0.2, -0.15) is 0 Å². The number of rotatable bonds is 5. The zero-order valence-electron chi connectivity index (χ0n) is 15.8. The minimum Gasteiger partial charge on any atom is -0.455 e. The molecule has 0 bridgehead atoms. The highest BCUT2D eigenvalue weighted by atomic mass is 32.2. The Morgan fingerprint density at radius 3 is 2.28 bits per heavy atom. The average molecular weight is 407 g/mol. The Balaban J connectivity index is 1.44. The molecular formula is C23H21NO4S. The van der Waals surface area contributed by atoms with Gasteiger partial charge in [-0.3, -0.25) is 4.79 Å². The number of carbonyl (C=O) groups excluding carboxylic acids is 1. The summed E-state index contributed by atoms with van der Waals surface area (Å²) in [4.78, 5) is 14.7. The monoisotopic (exact) mass is 407 g/mol. The van der Waals surface area contributed by atoms with Gasteiger partial charge in [0.05, 0.1) is 4.90 Å². The van der Waals surface area contributed by atoms with Gasteiger partial charge in [0.1, 0.15) is 11.5 Å². The van der Waals surface area contributed by atoms with E-state index in [1.165, 1.54) is 11.1 Å². The van der Waals surface area contributed by atoms with Crippen LogP contribution in [0.25, 0.3) is 5.57 Å². The number of hydrogen-bond donors (Lipinski definition) is 0. The molecule has 0 spiro atoms. The molecule has 0 unspecified atom stereocenters. The Labute approximate surface area is 170 Å². The van der Waals surface area contributed by atoms with E-state index >= 15 is 0 Å². The zero-order chi connectivity index (χ0) is 20.3. The van der Waals surface area contributed by atoms with Gasteiger partial charge in [-0.15, -0.1) is 0 Å². The molecule has 148 valence electrons. The van der Waals surface area contributed by atoms with Crippen LogP contribution in [0.5, 0.6) is 0 Å². The van der Waals surface area contributed by atoms with Crippen LogP contribution in [0.1, 0.15) is 28.3 Å². The number of amides is 1. The normalized spacial score (nSPS) is 14.5. The van der Waals surface area contributed by atoms with Gasteiger partial charge in [-0.25, -0.2) is 8.42 Å². The first-order valence-electron chi connectivity index (χ1n) is 9.43. The van der Waals surface area contributed by atoms with Crippen LogP contribution in [0.4, 0.5) is 0 Å². The molecule has 29 heavy (non-hydrogen) atoms. The third kappa shape index (κ3) is 4.32. The predicted molar refractivity (Wildman–Crippen MR) is 111 cm³/mol. The van der Waals surface area contributed by atoms with Gasteiger partial charge in [-0.05, 0) is 41.8 Å². The van der Waals surface area contributed by atoms with Gasteiger partial charge in [0, 0.05) is 13.1 Å². The van der Waals surface area contributed by atoms with E-state index in [0.29, 0.717) is 13.1 Å². The third-order valence-corrected chi connectivity index (χ3v) is 6.60. The Morgan fingerprint density at radius 2 is 1.62 bits per heavy atom. The molecule has 1 aliphatic heterocycles. The second-order valence-corrected chi connectivity index (χ2v) is 8.92. The average Bonchev–Trinajstić information content (AvgIpc) is 3.22. The van der Waals surface area contributed by atoms with Crippen molar-refractivity contribution in [2.75, 3.05) is 13.1 Å². The number of furan rings is 1. The molecule has 2 aromatic carbocycles. The van der Waals surface area contributed by atoms with E-state index in [0.717, 1.165) is 6.42 Å². The van der Waals surface area contributed by atoms with E-state index in [9.17, 15) is 13.2 Å². The van der Waals surface area contributed by atoms with Crippen molar-refractivity contribution >= 4 is 21.3 Å². The van der Waals surface area contributed by atoms with Crippen molar-refractivity contribution in [1.29, 1.82) is 0 Å². The third-order valence-electron chi connectivity index (χ3n) is 4.95. The SMILES string of the molecule is O=C(c1ccc(CS(=O)(=O)c2ccccc2)o1)N1CC=C(c2ccccc2)CC1. The summed E-state index contributed by atoms with van der Waals surface area (Å²) in [7, 11) is -3.52. The van der Waals surface area contributed by atoms with E-state index in [4.69, 9.17) is 4.42 Å². The predicted octanol–water partition coefficient (Wildman–Crippen LogP) is 4.18. The molecule has 0 saturated heterocycles. The van der Waals surface area contributed by atoms with Crippen molar-refractivity contribution in [3.8, 4) is 0 Å². The fraction of sp³-hybridized carbons (Fsp3) is 0.174. The maximum atomic E-state index is 12.7. The quantitative estimate of drug-likeness (QED) is 0.636. The molecule has 0 saturated carbocycles. The molecule has 3 aromatic rings. The van der Waals surface area contributed by atoms with Gasteiger partial charge < -0.3 is 9.32 Å². The molecule has 0 radical (unpaired) electrons. The lowest BCUT2D eigenvalue weighted by atomic mass is 9.99.